The number of amides is 1. The Balaban J connectivity index is 2.03. The summed E-state index contributed by atoms with van der Waals surface area (Å²) in [7, 11) is 3.49. The van der Waals surface area contributed by atoms with Gasteiger partial charge in [-0.1, -0.05) is 41.1 Å². The highest BCUT2D eigenvalue weighted by Gasteiger charge is 2.17. The molecule has 2 aromatic carbocycles. The summed E-state index contributed by atoms with van der Waals surface area (Å²) in [5.74, 6) is 1.05. The van der Waals surface area contributed by atoms with Crippen LogP contribution in [-0.2, 0) is 4.79 Å². The van der Waals surface area contributed by atoms with Gasteiger partial charge in [-0.25, -0.2) is 0 Å². The van der Waals surface area contributed by atoms with E-state index in [-0.39, 0.29) is 5.91 Å². The predicted octanol–water partition coefficient (Wildman–Crippen LogP) is 4.08. The first kappa shape index (κ1) is 18.5. The van der Waals surface area contributed by atoms with Crippen molar-refractivity contribution in [2.24, 2.45) is 0 Å². The van der Waals surface area contributed by atoms with Crippen LogP contribution in [0.15, 0.2) is 53.7 Å². The van der Waals surface area contributed by atoms with Gasteiger partial charge in [0, 0.05) is 30.4 Å². The number of rotatable bonds is 5. The number of aromatic nitrogens is 3. The molecule has 1 aromatic heterocycles. The summed E-state index contributed by atoms with van der Waals surface area (Å²) in [5.41, 5.74) is 3.03. The van der Waals surface area contributed by atoms with Crippen molar-refractivity contribution in [2.45, 2.75) is 12.1 Å². The molecule has 0 unspecified atom stereocenters. The average Bonchev–Trinajstić information content (AvgIpc) is 3.04. The summed E-state index contributed by atoms with van der Waals surface area (Å²) >= 11 is 7.38. The Labute approximate surface area is 162 Å². The molecule has 0 fully saturated rings. The molecule has 0 aliphatic rings. The first-order valence-electron chi connectivity index (χ1n) is 8.07. The summed E-state index contributed by atoms with van der Waals surface area (Å²) < 4.78 is 1.97. The zero-order valence-electron chi connectivity index (χ0n) is 14.8. The molecule has 1 heterocycles. The molecule has 0 spiro atoms. The quantitative estimate of drug-likeness (QED) is 0.620. The molecule has 3 rings (SSSR count). The molecule has 0 aliphatic carbocycles. The normalized spacial score (nSPS) is 10.8. The number of aryl methyl sites for hydroxylation is 1. The third-order valence-electron chi connectivity index (χ3n) is 3.85. The van der Waals surface area contributed by atoms with E-state index in [2.05, 4.69) is 10.2 Å². The van der Waals surface area contributed by atoms with Gasteiger partial charge in [-0.15, -0.1) is 10.2 Å². The molecule has 7 heteroatoms. The van der Waals surface area contributed by atoms with Gasteiger partial charge in [-0.3, -0.25) is 9.36 Å². The maximum absolute atomic E-state index is 12.0. The Morgan fingerprint density at radius 3 is 2.35 bits per heavy atom. The molecule has 26 heavy (non-hydrogen) atoms. The molecule has 0 radical (unpaired) electrons. The van der Waals surface area contributed by atoms with Crippen molar-refractivity contribution in [2.75, 3.05) is 19.8 Å². The molecule has 134 valence electrons. The van der Waals surface area contributed by atoms with E-state index in [0.717, 1.165) is 11.3 Å². The van der Waals surface area contributed by atoms with Crippen molar-refractivity contribution in [3.63, 3.8) is 0 Å². The van der Waals surface area contributed by atoms with Crippen LogP contribution in [0.4, 0.5) is 0 Å². The van der Waals surface area contributed by atoms with Gasteiger partial charge in [0.05, 0.1) is 5.75 Å². The Hall–Kier alpha value is -2.31. The minimum atomic E-state index is 0.0292. The fourth-order valence-electron chi connectivity index (χ4n) is 2.33. The molecule has 0 saturated heterocycles. The van der Waals surface area contributed by atoms with Crippen LogP contribution in [0, 0.1) is 6.92 Å². The molecule has 3 aromatic rings. The van der Waals surface area contributed by atoms with Gasteiger partial charge in [0.1, 0.15) is 0 Å². The van der Waals surface area contributed by atoms with E-state index in [1.807, 2.05) is 60.0 Å². The zero-order chi connectivity index (χ0) is 18.7. The van der Waals surface area contributed by atoms with Crippen molar-refractivity contribution < 1.29 is 4.79 Å². The number of hydrogen-bond donors (Lipinski definition) is 0. The minimum absolute atomic E-state index is 0.0292. The summed E-state index contributed by atoms with van der Waals surface area (Å²) in [6.45, 7) is 2.04. The third-order valence-corrected chi connectivity index (χ3v) is 5.02. The van der Waals surface area contributed by atoms with Gasteiger partial charge in [0.2, 0.25) is 5.91 Å². The fourth-order valence-corrected chi connectivity index (χ4v) is 3.39. The van der Waals surface area contributed by atoms with E-state index in [1.165, 1.54) is 17.3 Å². The van der Waals surface area contributed by atoms with Crippen LogP contribution in [0.2, 0.25) is 5.02 Å². The molecule has 0 bridgehead atoms. The van der Waals surface area contributed by atoms with Crippen LogP contribution in [0.3, 0.4) is 0 Å². The predicted molar refractivity (Wildman–Crippen MR) is 106 cm³/mol. The molecule has 0 aliphatic heterocycles. The van der Waals surface area contributed by atoms with Gasteiger partial charge < -0.3 is 4.90 Å². The van der Waals surface area contributed by atoms with Crippen molar-refractivity contribution in [3.8, 4) is 17.1 Å². The number of thioether (sulfide) groups is 1. The number of carbonyl (C=O) groups excluding carboxylic acids is 1. The van der Waals surface area contributed by atoms with Crippen molar-refractivity contribution >= 4 is 29.3 Å². The van der Waals surface area contributed by atoms with Gasteiger partial charge in [-0.05, 0) is 43.3 Å². The highest BCUT2D eigenvalue weighted by molar-refractivity contribution is 7.99. The van der Waals surface area contributed by atoms with Gasteiger partial charge in [0.25, 0.3) is 0 Å². The lowest BCUT2D eigenvalue weighted by Gasteiger charge is -2.12. The lowest BCUT2D eigenvalue weighted by Crippen LogP contribution is -2.23. The Bertz CT molecular complexity index is 904. The maximum atomic E-state index is 12.0. The second kappa shape index (κ2) is 7.93. The van der Waals surface area contributed by atoms with Gasteiger partial charge in [-0.2, -0.15) is 0 Å². The highest BCUT2D eigenvalue weighted by Crippen LogP contribution is 2.29. The molecule has 0 N–H and O–H groups in total. The van der Waals surface area contributed by atoms with Crippen LogP contribution in [0.5, 0.6) is 0 Å². The van der Waals surface area contributed by atoms with Gasteiger partial charge in [0.15, 0.2) is 11.0 Å². The summed E-state index contributed by atoms with van der Waals surface area (Å²) in [5, 5.41) is 10.0. The fraction of sp³-hybridized carbons (Fsp3) is 0.211. The number of halogens is 1. The Morgan fingerprint density at radius 1 is 1.08 bits per heavy atom. The molecular weight excluding hydrogens is 368 g/mol. The summed E-state index contributed by atoms with van der Waals surface area (Å²) in [6, 6.07) is 15.6. The van der Waals surface area contributed by atoms with E-state index in [0.29, 0.717) is 21.8 Å². The topological polar surface area (TPSA) is 51.0 Å². The van der Waals surface area contributed by atoms with Crippen LogP contribution < -0.4 is 0 Å². The van der Waals surface area contributed by atoms with E-state index in [4.69, 9.17) is 11.6 Å². The van der Waals surface area contributed by atoms with Crippen LogP contribution >= 0.6 is 23.4 Å². The largest absolute Gasteiger partial charge is 0.348 e. The smallest absolute Gasteiger partial charge is 0.232 e. The molecule has 0 saturated carbocycles. The molecular formula is C19H19ClN4OS. The molecule has 0 atom stereocenters. The highest BCUT2D eigenvalue weighted by atomic mass is 35.5. The number of carbonyl (C=O) groups is 1. The first-order chi connectivity index (χ1) is 12.5. The van der Waals surface area contributed by atoms with Crippen LogP contribution in [0.25, 0.3) is 17.1 Å². The second-order valence-corrected chi connectivity index (χ2v) is 7.44. The Kier molecular flexibility index (Phi) is 5.64. The van der Waals surface area contributed by atoms with Crippen LogP contribution in [0.1, 0.15) is 5.56 Å². The number of benzene rings is 2. The maximum Gasteiger partial charge on any atom is 0.232 e. The second-order valence-electron chi connectivity index (χ2n) is 6.06. The SMILES string of the molecule is Cc1ccc(-n2c(SCC(=O)N(C)C)nnc2-c2ccc(Cl)cc2)cc1. The summed E-state index contributed by atoms with van der Waals surface area (Å²) in [4.78, 5) is 13.5. The minimum Gasteiger partial charge on any atom is -0.348 e. The lowest BCUT2D eigenvalue weighted by molar-refractivity contribution is -0.125. The van der Waals surface area contributed by atoms with E-state index in [9.17, 15) is 4.79 Å². The first-order valence-corrected chi connectivity index (χ1v) is 9.43. The van der Waals surface area contributed by atoms with Crippen molar-refractivity contribution in [3.05, 3.63) is 59.1 Å². The van der Waals surface area contributed by atoms with E-state index < -0.39 is 0 Å². The Morgan fingerprint density at radius 2 is 1.73 bits per heavy atom. The average molecular weight is 387 g/mol. The van der Waals surface area contributed by atoms with Crippen molar-refractivity contribution in [1.82, 2.24) is 19.7 Å². The zero-order valence-corrected chi connectivity index (χ0v) is 16.4. The molecule has 5 nitrogen and oxygen atoms in total. The van der Waals surface area contributed by atoms with Crippen LogP contribution in [-0.4, -0.2) is 45.4 Å². The standard InChI is InChI=1S/C19H19ClN4OS/c1-13-4-10-16(11-5-13)24-18(14-6-8-15(20)9-7-14)21-22-19(24)26-12-17(25)23(2)3/h4-11H,12H2,1-3H3. The van der Waals surface area contributed by atoms with Gasteiger partial charge >= 0.3 is 0 Å². The molecule has 1 amide bonds. The lowest BCUT2D eigenvalue weighted by atomic mass is 10.2. The third kappa shape index (κ3) is 4.08. The van der Waals surface area contributed by atoms with E-state index in [1.54, 1.807) is 19.0 Å². The summed E-state index contributed by atoms with van der Waals surface area (Å²) in [6.07, 6.45) is 0. The number of nitrogens with zero attached hydrogens (tertiary/aromatic N) is 4. The van der Waals surface area contributed by atoms with Crippen molar-refractivity contribution in [1.29, 1.82) is 0 Å². The van der Waals surface area contributed by atoms with E-state index >= 15 is 0 Å². The monoisotopic (exact) mass is 386 g/mol. The number of hydrogen-bond acceptors (Lipinski definition) is 4.